The van der Waals surface area contributed by atoms with Crippen LogP contribution in [-0.2, 0) is 22.7 Å². The number of benzene rings is 2. The average Bonchev–Trinajstić information content (AvgIpc) is 3.30. The Bertz CT molecular complexity index is 1150. The van der Waals surface area contributed by atoms with E-state index >= 15 is 0 Å². The molecule has 7 heteroatoms. The number of sulfone groups is 1. The number of aryl methyl sites for hydroxylation is 1. The van der Waals surface area contributed by atoms with Crippen LogP contribution in [0.3, 0.4) is 0 Å². The van der Waals surface area contributed by atoms with Crippen molar-refractivity contribution < 1.29 is 17.2 Å². The molecule has 140 valence electrons. The zero-order chi connectivity index (χ0) is 19.0. The van der Waals surface area contributed by atoms with Gasteiger partial charge in [-0.1, -0.05) is 12.1 Å². The molecular weight excluding hydrogens is 367 g/mol. The second-order valence-electron chi connectivity index (χ2n) is 6.62. The molecule has 2 aromatic carbocycles. The SMILES string of the molecule is CS(=O)(=O)c1cc(CCc2c(F)cccc2C2=NCCN2)c2occc2c1. The molecule has 0 aliphatic carbocycles. The van der Waals surface area contributed by atoms with Crippen molar-refractivity contribution in [2.75, 3.05) is 19.3 Å². The Balaban J connectivity index is 1.72. The van der Waals surface area contributed by atoms with E-state index < -0.39 is 9.84 Å². The molecule has 0 amide bonds. The van der Waals surface area contributed by atoms with Crippen molar-refractivity contribution >= 4 is 26.6 Å². The minimum atomic E-state index is -3.35. The summed E-state index contributed by atoms with van der Waals surface area (Å²) in [6.07, 6.45) is 3.57. The number of hydrogen-bond acceptors (Lipinski definition) is 5. The second kappa shape index (κ2) is 6.81. The van der Waals surface area contributed by atoms with Gasteiger partial charge in [-0.05, 0) is 48.2 Å². The van der Waals surface area contributed by atoms with Gasteiger partial charge in [-0.25, -0.2) is 12.8 Å². The molecule has 0 atom stereocenters. The molecular formula is C20H19FN2O3S. The summed E-state index contributed by atoms with van der Waals surface area (Å²) >= 11 is 0. The molecule has 3 aromatic rings. The number of halogens is 1. The molecule has 0 saturated heterocycles. The maximum Gasteiger partial charge on any atom is 0.175 e. The van der Waals surface area contributed by atoms with Crippen LogP contribution < -0.4 is 5.32 Å². The third kappa shape index (κ3) is 3.47. The normalized spacial score (nSPS) is 14.4. The highest BCUT2D eigenvalue weighted by Crippen LogP contribution is 2.27. The van der Waals surface area contributed by atoms with Crippen LogP contribution in [-0.4, -0.2) is 33.6 Å². The Morgan fingerprint density at radius 1 is 1.22 bits per heavy atom. The Morgan fingerprint density at radius 2 is 2.07 bits per heavy atom. The molecule has 2 heterocycles. The number of rotatable bonds is 5. The summed E-state index contributed by atoms with van der Waals surface area (Å²) in [5, 5.41) is 3.90. The van der Waals surface area contributed by atoms with Gasteiger partial charge < -0.3 is 9.73 Å². The predicted molar refractivity (Wildman–Crippen MR) is 103 cm³/mol. The number of nitrogens with one attached hydrogen (secondary N) is 1. The first kappa shape index (κ1) is 17.7. The van der Waals surface area contributed by atoms with E-state index in [0.717, 1.165) is 23.1 Å². The summed E-state index contributed by atoms with van der Waals surface area (Å²) in [5.74, 6) is 0.413. The van der Waals surface area contributed by atoms with Gasteiger partial charge in [-0.15, -0.1) is 0 Å². The first-order valence-electron chi connectivity index (χ1n) is 8.70. The minimum absolute atomic E-state index is 0.238. The standard InChI is InChI=1S/C20H19FN2O3S/c1-27(24,25)15-11-13(19-14(12-15)7-10-26-19)5-6-16-17(3-2-4-18(16)21)20-22-8-9-23-20/h2-4,7,10-12H,5-6,8-9H2,1H3,(H,22,23). The molecule has 0 unspecified atom stereocenters. The summed E-state index contributed by atoms with van der Waals surface area (Å²) < 4.78 is 44.1. The van der Waals surface area contributed by atoms with Crippen LogP contribution in [0, 0.1) is 5.82 Å². The van der Waals surface area contributed by atoms with E-state index in [-0.39, 0.29) is 10.7 Å². The molecule has 5 nitrogen and oxygen atoms in total. The summed E-state index contributed by atoms with van der Waals surface area (Å²) in [7, 11) is -3.35. The lowest BCUT2D eigenvalue weighted by Crippen LogP contribution is -2.21. The van der Waals surface area contributed by atoms with Gasteiger partial charge in [-0.3, -0.25) is 4.99 Å². The highest BCUT2D eigenvalue weighted by atomic mass is 32.2. The highest BCUT2D eigenvalue weighted by Gasteiger charge is 2.18. The van der Waals surface area contributed by atoms with Crippen molar-refractivity contribution in [1.29, 1.82) is 0 Å². The van der Waals surface area contributed by atoms with E-state index in [4.69, 9.17) is 4.42 Å². The van der Waals surface area contributed by atoms with Gasteiger partial charge >= 0.3 is 0 Å². The van der Waals surface area contributed by atoms with Crippen molar-refractivity contribution in [2.24, 2.45) is 4.99 Å². The molecule has 4 rings (SSSR count). The molecule has 0 fully saturated rings. The highest BCUT2D eigenvalue weighted by molar-refractivity contribution is 7.90. The number of nitrogens with zero attached hydrogens (tertiary/aromatic N) is 1. The topological polar surface area (TPSA) is 71.7 Å². The fourth-order valence-electron chi connectivity index (χ4n) is 3.40. The lowest BCUT2D eigenvalue weighted by molar-refractivity contribution is 0.598. The summed E-state index contributed by atoms with van der Waals surface area (Å²) in [4.78, 5) is 4.63. The molecule has 27 heavy (non-hydrogen) atoms. The third-order valence-electron chi connectivity index (χ3n) is 4.72. The molecule has 0 bridgehead atoms. The largest absolute Gasteiger partial charge is 0.464 e. The maximum atomic E-state index is 14.5. The lowest BCUT2D eigenvalue weighted by Gasteiger charge is -2.12. The van der Waals surface area contributed by atoms with Gasteiger partial charge in [0, 0.05) is 23.8 Å². The molecule has 0 saturated carbocycles. The first-order valence-corrected chi connectivity index (χ1v) is 10.6. The average molecular weight is 386 g/mol. The van der Waals surface area contributed by atoms with Gasteiger partial charge in [0.05, 0.1) is 17.7 Å². The van der Waals surface area contributed by atoms with E-state index in [1.165, 1.54) is 18.6 Å². The van der Waals surface area contributed by atoms with Crippen molar-refractivity contribution in [1.82, 2.24) is 5.32 Å². The molecule has 1 aliphatic heterocycles. The first-order chi connectivity index (χ1) is 12.9. The van der Waals surface area contributed by atoms with E-state index in [0.29, 0.717) is 36.4 Å². The van der Waals surface area contributed by atoms with Gasteiger partial charge in [0.15, 0.2) is 9.84 Å². The minimum Gasteiger partial charge on any atom is -0.464 e. The number of amidine groups is 1. The van der Waals surface area contributed by atoms with Gasteiger partial charge in [0.1, 0.15) is 17.2 Å². The van der Waals surface area contributed by atoms with Gasteiger partial charge in [-0.2, -0.15) is 0 Å². The van der Waals surface area contributed by atoms with Crippen LogP contribution in [0.2, 0.25) is 0 Å². The zero-order valence-corrected chi connectivity index (χ0v) is 15.6. The number of fused-ring (bicyclic) bond motifs is 1. The molecule has 1 N–H and O–H groups in total. The van der Waals surface area contributed by atoms with Crippen molar-refractivity contribution in [3.8, 4) is 0 Å². The van der Waals surface area contributed by atoms with Gasteiger partial charge in [0.25, 0.3) is 0 Å². The monoisotopic (exact) mass is 386 g/mol. The summed E-state index contributed by atoms with van der Waals surface area (Å²) in [6, 6.07) is 9.91. The number of furan rings is 1. The Kier molecular flexibility index (Phi) is 4.47. The third-order valence-corrected chi connectivity index (χ3v) is 5.81. The van der Waals surface area contributed by atoms with Gasteiger partial charge in [0.2, 0.25) is 0 Å². The molecule has 0 radical (unpaired) electrons. The quantitative estimate of drug-likeness (QED) is 0.731. The molecule has 0 spiro atoms. The second-order valence-corrected chi connectivity index (χ2v) is 8.63. The maximum absolute atomic E-state index is 14.5. The zero-order valence-electron chi connectivity index (χ0n) is 14.8. The van der Waals surface area contributed by atoms with Crippen LogP contribution in [0.15, 0.2) is 57.0 Å². The molecule has 1 aliphatic rings. The smallest absolute Gasteiger partial charge is 0.175 e. The number of hydrogen-bond donors (Lipinski definition) is 1. The van der Waals surface area contributed by atoms with Crippen LogP contribution in [0.25, 0.3) is 11.0 Å². The van der Waals surface area contributed by atoms with Crippen LogP contribution in [0.1, 0.15) is 16.7 Å². The Hall–Kier alpha value is -2.67. The Morgan fingerprint density at radius 3 is 2.81 bits per heavy atom. The van der Waals surface area contributed by atoms with Crippen molar-refractivity contribution in [2.45, 2.75) is 17.7 Å². The van der Waals surface area contributed by atoms with E-state index in [1.54, 1.807) is 24.3 Å². The van der Waals surface area contributed by atoms with Crippen LogP contribution in [0.4, 0.5) is 4.39 Å². The van der Waals surface area contributed by atoms with E-state index in [2.05, 4.69) is 10.3 Å². The fourth-order valence-corrected chi connectivity index (χ4v) is 4.10. The van der Waals surface area contributed by atoms with Crippen LogP contribution in [0.5, 0.6) is 0 Å². The summed E-state index contributed by atoms with van der Waals surface area (Å²) in [5.41, 5.74) is 2.70. The summed E-state index contributed by atoms with van der Waals surface area (Å²) in [6.45, 7) is 1.42. The molecule has 1 aromatic heterocycles. The van der Waals surface area contributed by atoms with E-state index in [9.17, 15) is 12.8 Å². The fraction of sp³-hybridized carbons (Fsp3) is 0.250. The van der Waals surface area contributed by atoms with Crippen molar-refractivity contribution in [3.05, 3.63) is 65.2 Å². The van der Waals surface area contributed by atoms with Crippen molar-refractivity contribution in [3.63, 3.8) is 0 Å². The number of aliphatic imine (C=N–C) groups is 1. The van der Waals surface area contributed by atoms with E-state index in [1.807, 2.05) is 6.07 Å². The van der Waals surface area contributed by atoms with Crippen LogP contribution >= 0.6 is 0 Å². The Labute approximate surface area is 156 Å². The predicted octanol–water partition coefficient (Wildman–Crippen LogP) is 3.11. The lowest BCUT2D eigenvalue weighted by atomic mass is 9.98.